The summed E-state index contributed by atoms with van der Waals surface area (Å²) in [6.45, 7) is 9.80. The maximum absolute atomic E-state index is 12.0. The highest BCUT2D eigenvalue weighted by molar-refractivity contribution is 5.86. The van der Waals surface area contributed by atoms with Crippen LogP contribution in [-0.2, 0) is 11.3 Å². The second kappa shape index (κ2) is 5.57. The van der Waals surface area contributed by atoms with Crippen LogP contribution in [0.3, 0.4) is 0 Å². The van der Waals surface area contributed by atoms with Gasteiger partial charge in [0.1, 0.15) is 11.4 Å². The third kappa shape index (κ3) is 3.92. The molecule has 5 heteroatoms. The molecule has 0 bridgehead atoms. The van der Waals surface area contributed by atoms with Crippen molar-refractivity contribution in [2.75, 3.05) is 11.9 Å². The molecular formula is C14H23N3O2. The van der Waals surface area contributed by atoms with Crippen LogP contribution in [0.25, 0.3) is 0 Å². The molecule has 5 nitrogen and oxygen atoms in total. The topological polar surface area (TPSA) is 68.5 Å². The number of hydrogen-bond donors (Lipinski definition) is 1. The van der Waals surface area contributed by atoms with Gasteiger partial charge in [-0.1, -0.05) is 0 Å². The quantitative estimate of drug-likeness (QED) is 0.892. The average Bonchev–Trinajstić information content (AvgIpc) is 2.25. The van der Waals surface area contributed by atoms with E-state index in [0.29, 0.717) is 12.4 Å². The molecule has 0 unspecified atom stereocenters. The van der Waals surface area contributed by atoms with E-state index in [1.807, 2.05) is 40.7 Å². The Bertz CT molecular complexity index is 455. The Morgan fingerprint density at radius 1 is 1.42 bits per heavy atom. The van der Waals surface area contributed by atoms with Gasteiger partial charge in [-0.25, -0.2) is 9.78 Å². The summed E-state index contributed by atoms with van der Waals surface area (Å²) in [7, 11) is 1.65. The number of ether oxygens (including phenoxy) is 1. The number of amides is 1. The summed E-state index contributed by atoms with van der Waals surface area (Å²) in [4.78, 5) is 17.8. The Hall–Kier alpha value is -1.62. The van der Waals surface area contributed by atoms with Gasteiger partial charge < -0.3 is 10.5 Å². The molecule has 1 aromatic rings. The maximum atomic E-state index is 12.0. The third-order valence-electron chi connectivity index (χ3n) is 2.76. The molecule has 0 atom stereocenters. The first-order valence-corrected chi connectivity index (χ1v) is 6.29. The molecule has 106 valence electrons. The van der Waals surface area contributed by atoms with Gasteiger partial charge in [0.25, 0.3) is 0 Å². The van der Waals surface area contributed by atoms with Gasteiger partial charge in [-0.3, -0.25) is 4.90 Å². The molecule has 1 rings (SSSR count). The molecule has 0 saturated carbocycles. The largest absolute Gasteiger partial charge is 0.443 e. The van der Waals surface area contributed by atoms with E-state index in [0.717, 1.165) is 16.8 Å². The van der Waals surface area contributed by atoms with Crippen LogP contribution in [0.4, 0.5) is 10.6 Å². The molecule has 0 radical (unpaired) electrons. The molecule has 1 heterocycles. The van der Waals surface area contributed by atoms with Crippen LogP contribution in [0.2, 0.25) is 0 Å². The fourth-order valence-corrected chi connectivity index (χ4v) is 1.74. The highest BCUT2D eigenvalue weighted by Gasteiger charge is 2.22. The summed E-state index contributed by atoms with van der Waals surface area (Å²) < 4.78 is 5.31. The molecule has 2 N–H and O–H groups in total. The van der Waals surface area contributed by atoms with Gasteiger partial charge in [0.2, 0.25) is 0 Å². The van der Waals surface area contributed by atoms with Crippen molar-refractivity contribution in [3.63, 3.8) is 0 Å². The number of nitrogens with two attached hydrogens (primary N) is 1. The number of rotatable bonds is 2. The zero-order valence-corrected chi connectivity index (χ0v) is 12.6. The fourth-order valence-electron chi connectivity index (χ4n) is 1.74. The summed E-state index contributed by atoms with van der Waals surface area (Å²) in [5.41, 5.74) is 8.04. The summed E-state index contributed by atoms with van der Waals surface area (Å²) in [5.74, 6) is 0.571. The molecule has 0 spiro atoms. The molecular weight excluding hydrogens is 242 g/mol. The molecule has 0 aliphatic rings. The van der Waals surface area contributed by atoms with Crippen molar-refractivity contribution in [1.82, 2.24) is 4.98 Å². The van der Waals surface area contributed by atoms with Crippen molar-refractivity contribution >= 4 is 11.9 Å². The minimum absolute atomic E-state index is 0.417. The molecule has 1 aromatic heterocycles. The molecule has 1 amide bonds. The zero-order valence-electron chi connectivity index (χ0n) is 12.6. The molecule has 0 saturated heterocycles. The molecule has 0 aromatic carbocycles. The standard InChI is InChI=1S/C14H23N3O2/c1-9-7-12(16-10(2)11(9)8-15)17(6)13(18)19-14(3,4)5/h7H,8,15H2,1-6H3. The van der Waals surface area contributed by atoms with Gasteiger partial charge in [-0.05, 0) is 51.8 Å². The van der Waals surface area contributed by atoms with Crippen LogP contribution >= 0.6 is 0 Å². The molecule has 0 aliphatic carbocycles. The second-order valence-corrected chi connectivity index (χ2v) is 5.60. The van der Waals surface area contributed by atoms with Crippen molar-refractivity contribution in [2.24, 2.45) is 5.73 Å². The summed E-state index contributed by atoms with van der Waals surface area (Å²) >= 11 is 0. The van der Waals surface area contributed by atoms with Crippen molar-refractivity contribution in [3.05, 3.63) is 22.9 Å². The number of carbonyl (C=O) groups excluding carboxylic acids is 1. The predicted octanol–water partition coefficient (Wildman–Crippen LogP) is 2.53. The van der Waals surface area contributed by atoms with Crippen LogP contribution in [0, 0.1) is 13.8 Å². The van der Waals surface area contributed by atoms with E-state index in [1.165, 1.54) is 4.90 Å². The highest BCUT2D eigenvalue weighted by Crippen LogP contribution is 2.20. The lowest BCUT2D eigenvalue weighted by molar-refractivity contribution is 0.0588. The monoisotopic (exact) mass is 265 g/mol. The summed E-state index contributed by atoms with van der Waals surface area (Å²) in [5, 5.41) is 0. The summed E-state index contributed by atoms with van der Waals surface area (Å²) in [6, 6.07) is 1.85. The van der Waals surface area contributed by atoms with Crippen LogP contribution in [-0.4, -0.2) is 23.7 Å². The van der Waals surface area contributed by atoms with Crippen molar-refractivity contribution in [3.8, 4) is 0 Å². The van der Waals surface area contributed by atoms with E-state index >= 15 is 0 Å². The number of hydrogen-bond acceptors (Lipinski definition) is 4. The lowest BCUT2D eigenvalue weighted by Gasteiger charge is -2.24. The molecule has 0 aliphatic heterocycles. The third-order valence-corrected chi connectivity index (χ3v) is 2.76. The lowest BCUT2D eigenvalue weighted by atomic mass is 10.1. The first kappa shape index (κ1) is 15.4. The van der Waals surface area contributed by atoms with Crippen LogP contribution in [0.1, 0.15) is 37.6 Å². The number of anilines is 1. The number of carbonyl (C=O) groups is 1. The predicted molar refractivity (Wildman–Crippen MR) is 76.2 cm³/mol. The van der Waals surface area contributed by atoms with Gasteiger partial charge in [0.15, 0.2) is 0 Å². The SMILES string of the molecule is Cc1cc(N(C)C(=O)OC(C)(C)C)nc(C)c1CN. The van der Waals surface area contributed by atoms with Crippen molar-refractivity contribution in [1.29, 1.82) is 0 Å². The van der Waals surface area contributed by atoms with Crippen LogP contribution < -0.4 is 10.6 Å². The Kier molecular flexibility index (Phi) is 4.52. The second-order valence-electron chi connectivity index (χ2n) is 5.60. The Balaban J connectivity index is 3.01. The van der Waals surface area contributed by atoms with Crippen molar-refractivity contribution < 1.29 is 9.53 Å². The number of aryl methyl sites for hydroxylation is 2. The van der Waals surface area contributed by atoms with Gasteiger partial charge >= 0.3 is 6.09 Å². The first-order valence-electron chi connectivity index (χ1n) is 6.29. The average molecular weight is 265 g/mol. The van der Waals surface area contributed by atoms with Gasteiger partial charge in [0, 0.05) is 19.3 Å². The highest BCUT2D eigenvalue weighted by atomic mass is 16.6. The Morgan fingerprint density at radius 2 is 2.00 bits per heavy atom. The molecule has 19 heavy (non-hydrogen) atoms. The van der Waals surface area contributed by atoms with E-state index in [4.69, 9.17) is 10.5 Å². The van der Waals surface area contributed by atoms with Crippen LogP contribution in [0.5, 0.6) is 0 Å². The van der Waals surface area contributed by atoms with E-state index in [1.54, 1.807) is 7.05 Å². The van der Waals surface area contributed by atoms with Gasteiger partial charge in [0.05, 0.1) is 0 Å². The first-order chi connectivity index (χ1) is 8.65. The zero-order chi connectivity index (χ0) is 14.8. The Labute approximate surface area is 114 Å². The maximum Gasteiger partial charge on any atom is 0.415 e. The minimum Gasteiger partial charge on any atom is -0.443 e. The number of pyridine rings is 1. The van der Waals surface area contributed by atoms with Gasteiger partial charge in [-0.15, -0.1) is 0 Å². The normalized spacial score (nSPS) is 11.3. The fraction of sp³-hybridized carbons (Fsp3) is 0.571. The minimum atomic E-state index is -0.521. The molecule has 0 fully saturated rings. The van der Waals surface area contributed by atoms with E-state index in [9.17, 15) is 4.79 Å². The van der Waals surface area contributed by atoms with E-state index in [2.05, 4.69) is 4.98 Å². The van der Waals surface area contributed by atoms with Crippen LogP contribution in [0.15, 0.2) is 6.07 Å². The smallest absolute Gasteiger partial charge is 0.415 e. The Morgan fingerprint density at radius 3 is 2.42 bits per heavy atom. The summed E-state index contributed by atoms with van der Waals surface area (Å²) in [6.07, 6.45) is -0.417. The van der Waals surface area contributed by atoms with E-state index < -0.39 is 11.7 Å². The van der Waals surface area contributed by atoms with Crippen molar-refractivity contribution in [2.45, 2.75) is 46.8 Å². The van der Waals surface area contributed by atoms with Gasteiger partial charge in [-0.2, -0.15) is 0 Å². The number of nitrogens with zero attached hydrogens (tertiary/aromatic N) is 2. The number of aromatic nitrogens is 1. The van der Waals surface area contributed by atoms with E-state index in [-0.39, 0.29) is 0 Å². The lowest BCUT2D eigenvalue weighted by Crippen LogP contribution is -2.34.